The van der Waals surface area contributed by atoms with E-state index in [1.807, 2.05) is 0 Å². The van der Waals surface area contributed by atoms with Crippen LogP contribution in [0.25, 0.3) is 11.2 Å². The zero-order chi connectivity index (χ0) is 25.8. The van der Waals surface area contributed by atoms with Crippen molar-refractivity contribution in [1.29, 1.82) is 0 Å². The van der Waals surface area contributed by atoms with Gasteiger partial charge in [-0.1, -0.05) is 41.0 Å². The number of hydrogen-bond acceptors (Lipinski definition) is 7. The number of imidazole rings is 1. The highest BCUT2D eigenvalue weighted by Gasteiger charge is 2.52. The summed E-state index contributed by atoms with van der Waals surface area (Å²) >= 11 is 0. The molecule has 5 rings (SSSR count). The Labute approximate surface area is 212 Å². The number of benzene rings is 1. The molecule has 8 nitrogen and oxygen atoms in total. The molecule has 2 aromatic heterocycles. The average Bonchev–Trinajstić information content (AvgIpc) is 3.22. The van der Waals surface area contributed by atoms with Gasteiger partial charge in [-0.2, -0.15) is 0 Å². The number of Topliss-reactive ketones (excluding diaryl/α,β-unsaturated/α-hetero) is 1. The van der Waals surface area contributed by atoms with E-state index < -0.39 is 6.10 Å². The number of fused-ring (bicyclic) bond motifs is 4. The van der Waals surface area contributed by atoms with Gasteiger partial charge in [0, 0.05) is 12.0 Å². The van der Waals surface area contributed by atoms with Crippen molar-refractivity contribution in [3.63, 3.8) is 0 Å². The number of ketones is 1. The minimum absolute atomic E-state index is 0.0629. The highest BCUT2D eigenvalue weighted by Crippen LogP contribution is 2.57. The molecule has 2 heterocycles. The Bertz CT molecular complexity index is 1310. The van der Waals surface area contributed by atoms with E-state index in [-0.39, 0.29) is 35.7 Å². The van der Waals surface area contributed by atoms with E-state index in [1.54, 1.807) is 10.9 Å². The molecule has 0 bridgehead atoms. The molecule has 0 aliphatic heterocycles. The Kier molecular flexibility index (Phi) is 6.06. The van der Waals surface area contributed by atoms with Crippen LogP contribution in [0.5, 0.6) is 5.75 Å². The van der Waals surface area contributed by atoms with Crippen molar-refractivity contribution < 1.29 is 14.6 Å². The van der Waals surface area contributed by atoms with Crippen molar-refractivity contribution in [3.05, 3.63) is 41.5 Å². The van der Waals surface area contributed by atoms with Gasteiger partial charge in [-0.25, -0.2) is 15.0 Å². The smallest absolute Gasteiger partial charge is 0.165 e. The summed E-state index contributed by atoms with van der Waals surface area (Å²) in [6, 6.07) is 4.15. The van der Waals surface area contributed by atoms with Crippen LogP contribution in [0.2, 0.25) is 0 Å². The molecule has 8 heteroatoms. The Morgan fingerprint density at radius 3 is 2.72 bits per heavy atom. The summed E-state index contributed by atoms with van der Waals surface area (Å²) in [7, 11) is 0. The van der Waals surface area contributed by atoms with Crippen LogP contribution in [0.4, 0.5) is 5.82 Å². The van der Waals surface area contributed by atoms with Gasteiger partial charge in [0.25, 0.3) is 0 Å². The summed E-state index contributed by atoms with van der Waals surface area (Å²) in [6.45, 7) is 11.5. The maximum absolute atomic E-state index is 13.3. The van der Waals surface area contributed by atoms with Crippen LogP contribution in [0, 0.1) is 11.3 Å². The number of aliphatic hydroxyl groups is 1. The molecule has 192 valence electrons. The predicted molar refractivity (Wildman–Crippen MR) is 139 cm³/mol. The van der Waals surface area contributed by atoms with E-state index in [0.29, 0.717) is 29.3 Å². The van der Waals surface area contributed by atoms with E-state index in [2.05, 4.69) is 61.7 Å². The number of ether oxygens (including phenoxy) is 1. The third-order valence-electron chi connectivity index (χ3n) is 8.58. The number of nitrogen functional groups attached to an aromatic ring is 1. The molecule has 2 aliphatic rings. The standard InChI is InChI=1S/C28H37N5O3/c1-16(2)18-9-19-20(28(5)8-6-7-27(3,4)23(28)11-21(19)35)10-22(18)36-13-17(34)12-33-15-32-24-25(29)30-14-31-26(24)33/h9-10,14-17,23,34H,6-8,11-13H2,1-5H3,(H2,29,30,31)/t17?,23-,28+/m0/s1. The number of anilines is 1. The van der Waals surface area contributed by atoms with Crippen LogP contribution in [0.3, 0.4) is 0 Å². The number of nitrogens with two attached hydrogens (primary N) is 1. The first-order valence-electron chi connectivity index (χ1n) is 12.9. The number of nitrogens with zero attached hydrogens (tertiary/aromatic N) is 4. The van der Waals surface area contributed by atoms with Crippen molar-refractivity contribution in [2.75, 3.05) is 12.3 Å². The SMILES string of the molecule is CC(C)c1cc2c(cc1OCC(O)Cn1cnc3c(N)ncnc31)[C@@]1(C)CCCC(C)(C)[C@@H]1CC2=O. The number of hydrogen-bond donors (Lipinski definition) is 2. The summed E-state index contributed by atoms with van der Waals surface area (Å²) < 4.78 is 8.03. The summed E-state index contributed by atoms with van der Waals surface area (Å²) in [5.74, 6) is 1.80. The van der Waals surface area contributed by atoms with E-state index in [9.17, 15) is 9.90 Å². The van der Waals surface area contributed by atoms with Gasteiger partial charge < -0.3 is 20.1 Å². The van der Waals surface area contributed by atoms with Gasteiger partial charge in [0.1, 0.15) is 30.3 Å². The summed E-state index contributed by atoms with van der Waals surface area (Å²) in [4.78, 5) is 25.8. The van der Waals surface area contributed by atoms with Crippen LogP contribution in [0.1, 0.15) is 87.7 Å². The van der Waals surface area contributed by atoms with Crippen molar-refractivity contribution in [2.24, 2.45) is 11.3 Å². The van der Waals surface area contributed by atoms with Gasteiger partial charge >= 0.3 is 0 Å². The molecule has 0 amide bonds. The molecule has 3 aromatic rings. The monoisotopic (exact) mass is 491 g/mol. The number of rotatable bonds is 6. The van der Waals surface area contributed by atoms with Crippen LogP contribution in [-0.2, 0) is 12.0 Å². The second kappa shape index (κ2) is 8.83. The number of carbonyl (C=O) groups excluding carboxylic acids is 1. The molecular weight excluding hydrogens is 454 g/mol. The van der Waals surface area contributed by atoms with E-state index in [4.69, 9.17) is 10.5 Å². The third kappa shape index (κ3) is 4.05. The molecule has 1 saturated carbocycles. The fraction of sp³-hybridized carbons (Fsp3) is 0.571. The highest BCUT2D eigenvalue weighted by atomic mass is 16.5. The molecule has 0 spiro atoms. The van der Waals surface area contributed by atoms with Gasteiger partial charge in [0.05, 0.1) is 12.9 Å². The van der Waals surface area contributed by atoms with Crippen molar-refractivity contribution in [3.8, 4) is 5.75 Å². The second-order valence-corrected chi connectivity index (χ2v) is 11.8. The molecule has 1 fully saturated rings. The fourth-order valence-electron chi connectivity index (χ4n) is 6.62. The molecule has 36 heavy (non-hydrogen) atoms. The Morgan fingerprint density at radius 2 is 1.97 bits per heavy atom. The van der Waals surface area contributed by atoms with E-state index in [0.717, 1.165) is 41.7 Å². The van der Waals surface area contributed by atoms with Gasteiger partial charge in [0.15, 0.2) is 17.2 Å². The zero-order valence-electron chi connectivity index (χ0n) is 21.9. The largest absolute Gasteiger partial charge is 0.491 e. The van der Waals surface area contributed by atoms with Gasteiger partial charge in [-0.05, 0) is 58.8 Å². The molecule has 2 aliphatic carbocycles. The van der Waals surface area contributed by atoms with Crippen LogP contribution < -0.4 is 10.5 Å². The van der Waals surface area contributed by atoms with Crippen molar-refractivity contribution >= 4 is 22.8 Å². The topological polar surface area (TPSA) is 116 Å². The third-order valence-corrected chi connectivity index (χ3v) is 8.58. The molecule has 3 N–H and O–H groups in total. The lowest BCUT2D eigenvalue weighted by atomic mass is 9.50. The van der Waals surface area contributed by atoms with E-state index in [1.165, 1.54) is 6.33 Å². The first-order valence-corrected chi connectivity index (χ1v) is 12.9. The lowest BCUT2D eigenvalue weighted by molar-refractivity contribution is 0.0365. The van der Waals surface area contributed by atoms with E-state index >= 15 is 0 Å². The normalized spacial score (nSPS) is 24.0. The molecule has 0 radical (unpaired) electrons. The maximum Gasteiger partial charge on any atom is 0.165 e. The highest BCUT2D eigenvalue weighted by molar-refractivity contribution is 6.00. The lowest BCUT2D eigenvalue weighted by Gasteiger charge is -2.54. The Hall–Kier alpha value is -3.00. The van der Waals surface area contributed by atoms with Crippen LogP contribution in [-0.4, -0.2) is 43.1 Å². The molecule has 0 saturated heterocycles. The summed E-state index contributed by atoms with van der Waals surface area (Å²) in [6.07, 6.45) is 6.20. The number of aliphatic hydroxyl groups excluding tert-OH is 1. The zero-order valence-corrected chi connectivity index (χ0v) is 21.9. The van der Waals surface area contributed by atoms with Gasteiger partial charge in [0.2, 0.25) is 0 Å². The Balaban J connectivity index is 1.43. The van der Waals surface area contributed by atoms with Crippen molar-refractivity contribution in [2.45, 2.75) is 84.3 Å². The lowest BCUT2D eigenvalue weighted by Crippen LogP contribution is -2.49. The minimum Gasteiger partial charge on any atom is -0.491 e. The quantitative estimate of drug-likeness (QED) is 0.516. The van der Waals surface area contributed by atoms with Gasteiger partial charge in [-0.15, -0.1) is 0 Å². The molecule has 3 atom stereocenters. The van der Waals surface area contributed by atoms with Crippen molar-refractivity contribution in [1.82, 2.24) is 19.5 Å². The number of carbonyl (C=O) groups is 1. The minimum atomic E-state index is -0.784. The second-order valence-electron chi connectivity index (χ2n) is 11.8. The summed E-state index contributed by atoms with van der Waals surface area (Å²) in [5, 5.41) is 10.8. The maximum atomic E-state index is 13.3. The molecular formula is C28H37N5O3. The van der Waals surface area contributed by atoms with Gasteiger partial charge in [-0.3, -0.25) is 4.79 Å². The fourth-order valence-corrected chi connectivity index (χ4v) is 6.62. The summed E-state index contributed by atoms with van der Waals surface area (Å²) in [5.41, 5.74) is 10.00. The van der Waals surface area contributed by atoms with Crippen LogP contribution in [0.15, 0.2) is 24.8 Å². The predicted octanol–water partition coefficient (Wildman–Crippen LogP) is 4.64. The first kappa shape index (κ1) is 24.7. The number of aromatic nitrogens is 4. The molecule has 1 unspecified atom stereocenters. The van der Waals surface area contributed by atoms with Crippen LogP contribution >= 0.6 is 0 Å². The molecule has 1 aromatic carbocycles. The Morgan fingerprint density at radius 1 is 1.19 bits per heavy atom. The first-order chi connectivity index (χ1) is 17.0. The average molecular weight is 492 g/mol.